The fourth-order valence-electron chi connectivity index (χ4n) is 1.87. The van der Waals surface area contributed by atoms with Crippen LogP contribution in [-0.4, -0.2) is 28.9 Å². The summed E-state index contributed by atoms with van der Waals surface area (Å²) in [6.45, 7) is 7.17. The molecule has 0 atom stereocenters. The van der Waals surface area contributed by atoms with E-state index in [0.29, 0.717) is 24.5 Å². The van der Waals surface area contributed by atoms with Crippen molar-refractivity contribution in [1.29, 1.82) is 0 Å². The van der Waals surface area contributed by atoms with Crippen molar-refractivity contribution >= 4 is 17.0 Å². The van der Waals surface area contributed by atoms with Crippen molar-refractivity contribution in [3.8, 4) is 0 Å². The van der Waals surface area contributed by atoms with Crippen LogP contribution in [0.1, 0.15) is 30.1 Å². The van der Waals surface area contributed by atoms with E-state index < -0.39 is 0 Å². The van der Waals surface area contributed by atoms with Gasteiger partial charge in [-0.2, -0.15) is 0 Å². The molecule has 0 saturated carbocycles. The van der Waals surface area contributed by atoms with Crippen LogP contribution in [0.25, 0.3) is 11.1 Å². The minimum atomic E-state index is 0.0394. The number of nitrogens with zero attached hydrogens (tertiary/aromatic N) is 2. The summed E-state index contributed by atoms with van der Waals surface area (Å²) >= 11 is 0. The normalized spacial score (nSPS) is 10.8. The van der Waals surface area contributed by atoms with E-state index in [1.54, 1.807) is 30.0 Å². The zero-order chi connectivity index (χ0) is 12.4. The van der Waals surface area contributed by atoms with Gasteiger partial charge < -0.3 is 9.32 Å². The molecule has 0 radical (unpaired) electrons. The molecule has 0 spiro atoms. The number of carbonyl (C=O) groups is 1. The summed E-state index contributed by atoms with van der Waals surface area (Å²) in [7, 11) is 0. The molecule has 0 N–H and O–H groups in total. The van der Waals surface area contributed by atoms with E-state index in [4.69, 9.17) is 4.42 Å². The highest BCUT2D eigenvalue weighted by Crippen LogP contribution is 2.17. The minimum Gasteiger partial charge on any atom is -0.441 e. The van der Waals surface area contributed by atoms with Crippen LogP contribution in [0.3, 0.4) is 0 Å². The number of oxazole rings is 1. The van der Waals surface area contributed by atoms with Crippen molar-refractivity contribution < 1.29 is 9.21 Å². The van der Waals surface area contributed by atoms with Gasteiger partial charge in [-0.15, -0.1) is 0 Å². The molecule has 1 aromatic heterocycles. The van der Waals surface area contributed by atoms with Crippen LogP contribution in [-0.2, 0) is 0 Å². The van der Waals surface area contributed by atoms with E-state index in [-0.39, 0.29) is 5.91 Å². The quantitative estimate of drug-likeness (QED) is 0.817. The molecule has 2 rings (SSSR count). The molecular weight excluding hydrogens is 216 g/mol. The van der Waals surface area contributed by atoms with E-state index in [2.05, 4.69) is 4.98 Å². The van der Waals surface area contributed by atoms with Gasteiger partial charge in [-0.05, 0) is 32.0 Å². The molecule has 4 heteroatoms. The summed E-state index contributed by atoms with van der Waals surface area (Å²) < 4.78 is 5.38. The second kappa shape index (κ2) is 4.57. The third kappa shape index (κ3) is 2.16. The zero-order valence-electron chi connectivity index (χ0n) is 10.4. The number of benzene rings is 1. The van der Waals surface area contributed by atoms with E-state index in [1.807, 2.05) is 13.8 Å². The highest BCUT2D eigenvalue weighted by molar-refractivity contribution is 5.97. The van der Waals surface area contributed by atoms with Gasteiger partial charge in [-0.1, -0.05) is 0 Å². The topological polar surface area (TPSA) is 46.3 Å². The Morgan fingerprint density at radius 2 is 2.06 bits per heavy atom. The Balaban J connectivity index is 2.38. The van der Waals surface area contributed by atoms with E-state index >= 15 is 0 Å². The summed E-state index contributed by atoms with van der Waals surface area (Å²) in [6.07, 6.45) is 0. The summed E-state index contributed by atoms with van der Waals surface area (Å²) in [5.74, 6) is 0.657. The standard InChI is InChI=1S/C13H16N2O2/c1-4-15(5-2)13(16)10-6-7-12-11(8-10)14-9(3)17-12/h6-8H,4-5H2,1-3H3. The minimum absolute atomic E-state index is 0.0394. The van der Waals surface area contributed by atoms with Crippen molar-refractivity contribution in [2.75, 3.05) is 13.1 Å². The van der Waals surface area contributed by atoms with Crippen molar-refractivity contribution in [2.24, 2.45) is 0 Å². The molecule has 1 amide bonds. The molecule has 4 nitrogen and oxygen atoms in total. The molecule has 0 saturated heterocycles. The lowest BCUT2D eigenvalue weighted by molar-refractivity contribution is 0.0773. The van der Waals surface area contributed by atoms with Gasteiger partial charge >= 0.3 is 0 Å². The molecule has 1 heterocycles. The molecule has 17 heavy (non-hydrogen) atoms. The lowest BCUT2D eigenvalue weighted by Crippen LogP contribution is -2.30. The van der Waals surface area contributed by atoms with Crippen molar-refractivity contribution in [1.82, 2.24) is 9.88 Å². The van der Waals surface area contributed by atoms with E-state index in [0.717, 1.165) is 11.1 Å². The largest absolute Gasteiger partial charge is 0.441 e. The zero-order valence-corrected chi connectivity index (χ0v) is 10.4. The van der Waals surface area contributed by atoms with Gasteiger partial charge in [0.15, 0.2) is 11.5 Å². The average Bonchev–Trinajstić information content (AvgIpc) is 2.69. The maximum atomic E-state index is 12.1. The smallest absolute Gasteiger partial charge is 0.253 e. The van der Waals surface area contributed by atoms with Crippen LogP contribution in [0.5, 0.6) is 0 Å². The van der Waals surface area contributed by atoms with Gasteiger partial charge in [-0.25, -0.2) is 4.98 Å². The lowest BCUT2D eigenvalue weighted by Gasteiger charge is -2.18. The molecule has 1 aromatic carbocycles. The number of hydrogen-bond acceptors (Lipinski definition) is 3. The molecule has 2 aromatic rings. The molecule has 0 aliphatic carbocycles. The van der Waals surface area contributed by atoms with Gasteiger partial charge in [0, 0.05) is 25.6 Å². The number of aromatic nitrogens is 1. The summed E-state index contributed by atoms with van der Waals surface area (Å²) in [5.41, 5.74) is 2.12. The average molecular weight is 232 g/mol. The van der Waals surface area contributed by atoms with Crippen LogP contribution in [0, 0.1) is 6.92 Å². The first kappa shape index (κ1) is 11.6. The SMILES string of the molecule is CCN(CC)C(=O)c1ccc2oc(C)nc2c1. The molecule has 0 unspecified atom stereocenters. The van der Waals surface area contributed by atoms with Crippen LogP contribution in [0.2, 0.25) is 0 Å². The van der Waals surface area contributed by atoms with Gasteiger partial charge in [0.25, 0.3) is 5.91 Å². The van der Waals surface area contributed by atoms with Gasteiger partial charge in [0.1, 0.15) is 5.52 Å². The number of aryl methyl sites for hydroxylation is 1. The number of hydrogen-bond donors (Lipinski definition) is 0. The number of rotatable bonds is 3. The highest BCUT2D eigenvalue weighted by Gasteiger charge is 2.13. The third-order valence-electron chi connectivity index (χ3n) is 2.79. The van der Waals surface area contributed by atoms with Crippen LogP contribution in [0.4, 0.5) is 0 Å². The first-order valence-corrected chi connectivity index (χ1v) is 5.82. The van der Waals surface area contributed by atoms with E-state index in [9.17, 15) is 4.79 Å². The summed E-state index contributed by atoms with van der Waals surface area (Å²) in [6, 6.07) is 5.37. The maximum absolute atomic E-state index is 12.1. The van der Waals surface area contributed by atoms with Crippen molar-refractivity contribution in [2.45, 2.75) is 20.8 Å². The highest BCUT2D eigenvalue weighted by atomic mass is 16.3. The molecule has 0 aliphatic rings. The molecule has 0 fully saturated rings. The first-order chi connectivity index (χ1) is 8.15. The Morgan fingerprint density at radius 1 is 1.35 bits per heavy atom. The van der Waals surface area contributed by atoms with Gasteiger partial charge in [0.2, 0.25) is 0 Å². The number of fused-ring (bicyclic) bond motifs is 1. The Morgan fingerprint density at radius 3 is 2.71 bits per heavy atom. The Hall–Kier alpha value is -1.84. The second-order valence-electron chi connectivity index (χ2n) is 3.89. The third-order valence-corrected chi connectivity index (χ3v) is 2.79. The second-order valence-corrected chi connectivity index (χ2v) is 3.89. The molecular formula is C13H16N2O2. The monoisotopic (exact) mass is 232 g/mol. The predicted octanol–water partition coefficient (Wildman–Crippen LogP) is 2.62. The Bertz CT molecular complexity index is 541. The summed E-state index contributed by atoms with van der Waals surface area (Å²) in [5, 5.41) is 0. The molecule has 0 bridgehead atoms. The van der Waals surface area contributed by atoms with Crippen LogP contribution >= 0.6 is 0 Å². The van der Waals surface area contributed by atoms with Crippen molar-refractivity contribution in [3.05, 3.63) is 29.7 Å². The Kier molecular flexibility index (Phi) is 3.13. The molecule has 0 aliphatic heterocycles. The van der Waals surface area contributed by atoms with Gasteiger partial charge in [0.05, 0.1) is 0 Å². The maximum Gasteiger partial charge on any atom is 0.253 e. The Labute approximate surface area is 100 Å². The summed E-state index contributed by atoms with van der Waals surface area (Å²) in [4.78, 5) is 18.1. The number of carbonyl (C=O) groups excluding carboxylic acids is 1. The van der Waals surface area contributed by atoms with Crippen LogP contribution in [0.15, 0.2) is 22.6 Å². The first-order valence-electron chi connectivity index (χ1n) is 5.82. The lowest BCUT2D eigenvalue weighted by atomic mass is 10.2. The molecule has 90 valence electrons. The van der Waals surface area contributed by atoms with Crippen molar-refractivity contribution in [3.63, 3.8) is 0 Å². The predicted molar refractivity (Wildman–Crippen MR) is 66.0 cm³/mol. The number of amides is 1. The van der Waals surface area contributed by atoms with Crippen LogP contribution < -0.4 is 0 Å². The van der Waals surface area contributed by atoms with E-state index in [1.165, 1.54) is 0 Å². The fourth-order valence-corrected chi connectivity index (χ4v) is 1.87. The van der Waals surface area contributed by atoms with Gasteiger partial charge in [-0.3, -0.25) is 4.79 Å². The fraction of sp³-hybridized carbons (Fsp3) is 0.385.